The number of carbonyl (C=O) groups is 2. The minimum atomic E-state index is -0.623. The summed E-state index contributed by atoms with van der Waals surface area (Å²) in [5.74, 6) is -0.208. The van der Waals surface area contributed by atoms with Crippen molar-refractivity contribution in [2.24, 2.45) is 0 Å². The van der Waals surface area contributed by atoms with Gasteiger partial charge in [0.15, 0.2) is 16.6 Å². The summed E-state index contributed by atoms with van der Waals surface area (Å²) in [4.78, 5) is 27.2. The second-order valence-electron chi connectivity index (χ2n) is 7.84. The third kappa shape index (κ3) is 5.51. The highest BCUT2D eigenvalue weighted by Crippen LogP contribution is 2.37. The van der Waals surface area contributed by atoms with Crippen LogP contribution in [-0.4, -0.2) is 24.0 Å². The number of aryl methyl sites for hydroxylation is 1. The van der Waals surface area contributed by atoms with Crippen LogP contribution in [0.1, 0.15) is 16.7 Å². The number of hydrogen-bond donors (Lipinski definition) is 1. The Morgan fingerprint density at radius 3 is 2.58 bits per heavy atom. The van der Waals surface area contributed by atoms with E-state index in [2.05, 4.69) is 27.9 Å². The molecule has 6 nitrogen and oxygen atoms in total. The molecule has 4 rings (SSSR count). The Morgan fingerprint density at radius 1 is 1.11 bits per heavy atom. The fourth-order valence-corrected chi connectivity index (χ4v) is 5.06. The molecule has 0 bridgehead atoms. The average molecular weight is 653 g/mol. The first kappa shape index (κ1) is 26.4. The monoisotopic (exact) mass is 652 g/mol. The molecule has 1 fully saturated rings. The zero-order valence-electron chi connectivity index (χ0n) is 19.1. The van der Waals surface area contributed by atoms with Gasteiger partial charge in [-0.15, -0.1) is 0 Å². The lowest BCUT2D eigenvalue weighted by Gasteiger charge is -2.29. The summed E-state index contributed by atoms with van der Waals surface area (Å²) in [6.45, 7) is 2.38. The van der Waals surface area contributed by atoms with Gasteiger partial charge in [-0.05, 0) is 83.2 Å². The lowest BCUT2D eigenvalue weighted by atomic mass is 10.1. The number of amides is 2. The number of carbonyl (C=O) groups excluding carboxylic acids is 2. The normalized spacial score (nSPS) is 14.8. The molecule has 0 unspecified atom stereocenters. The molecular formula is C26H19Cl2IN2O4S. The van der Waals surface area contributed by atoms with Crippen molar-refractivity contribution in [1.82, 2.24) is 5.32 Å². The summed E-state index contributed by atoms with van der Waals surface area (Å²) in [5.41, 5.74) is 2.90. The van der Waals surface area contributed by atoms with Crippen molar-refractivity contribution in [3.05, 3.63) is 90.5 Å². The largest absolute Gasteiger partial charge is 0.493 e. The third-order valence-corrected chi connectivity index (χ3v) is 7.20. The van der Waals surface area contributed by atoms with Crippen LogP contribution in [0.2, 0.25) is 10.0 Å². The lowest BCUT2D eigenvalue weighted by Crippen LogP contribution is -2.54. The van der Waals surface area contributed by atoms with E-state index in [4.69, 9.17) is 44.9 Å². The molecule has 1 saturated heterocycles. The van der Waals surface area contributed by atoms with Crippen LogP contribution in [-0.2, 0) is 16.2 Å². The van der Waals surface area contributed by atoms with E-state index in [1.807, 2.05) is 31.2 Å². The van der Waals surface area contributed by atoms with Gasteiger partial charge in [0.2, 0.25) is 0 Å². The number of thiocarbonyl (C=S) groups is 1. The number of nitrogens with zero attached hydrogens (tertiary/aromatic N) is 1. The number of ether oxygens (including phenoxy) is 2. The molecule has 184 valence electrons. The van der Waals surface area contributed by atoms with Gasteiger partial charge in [0.25, 0.3) is 11.8 Å². The highest BCUT2D eigenvalue weighted by molar-refractivity contribution is 14.1. The zero-order chi connectivity index (χ0) is 26.0. The van der Waals surface area contributed by atoms with E-state index in [-0.39, 0.29) is 26.4 Å². The Balaban J connectivity index is 1.66. The second-order valence-corrected chi connectivity index (χ2v) is 10.2. The highest BCUT2D eigenvalue weighted by Gasteiger charge is 2.35. The summed E-state index contributed by atoms with van der Waals surface area (Å²) >= 11 is 19.8. The van der Waals surface area contributed by atoms with Crippen LogP contribution in [0, 0.1) is 10.5 Å². The maximum atomic E-state index is 13.4. The van der Waals surface area contributed by atoms with Crippen molar-refractivity contribution in [3.8, 4) is 11.5 Å². The number of rotatable bonds is 6. The van der Waals surface area contributed by atoms with Gasteiger partial charge in [-0.2, -0.15) is 0 Å². The second kappa shape index (κ2) is 11.2. The molecular weight excluding hydrogens is 634 g/mol. The van der Waals surface area contributed by atoms with E-state index in [0.29, 0.717) is 23.7 Å². The van der Waals surface area contributed by atoms with E-state index in [1.54, 1.807) is 30.3 Å². The summed E-state index contributed by atoms with van der Waals surface area (Å²) in [6, 6.07) is 16.4. The fourth-order valence-electron chi connectivity index (χ4n) is 3.63. The van der Waals surface area contributed by atoms with Gasteiger partial charge < -0.3 is 9.47 Å². The van der Waals surface area contributed by atoms with Gasteiger partial charge in [-0.1, -0.05) is 59.1 Å². The molecule has 1 N–H and O–H groups in total. The molecule has 1 heterocycles. The van der Waals surface area contributed by atoms with E-state index in [1.165, 1.54) is 13.2 Å². The molecule has 3 aromatic rings. The Labute approximate surface area is 237 Å². The molecule has 10 heteroatoms. The van der Waals surface area contributed by atoms with Crippen LogP contribution in [0.5, 0.6) is 11.5 Å². The van der Waals surface area contributed by atoms with Crippen LogP contribution < -0.4 is 19.7 Å². The molecule has 0 spiro atoms. The molecule has 1 aliphatic heterocycles. The van der Waals surface area contributed by atoms with Gasteiger partial charge in [0, 0.05) is 0 Å². The summed E-state index contributed by atoms with van der Waals surface area (Å²) in [7, 11) is 1.53. The topological polar surface area (TPSA) is 67.9 Å². The van der Waals surface area contributed by atoms with E-state index in [0.717, 1.165) is 19.6 Å². The Hall–Kier alpha value is -2.66. The first-order chi connectivity index (χ1) is 17.2. The number of anilines is 1. The summed E-state index contributed by atoms with van der Waals surface area (Å²) in [6.07, 6.45) is 1.47. The van der Waals surface area contributed by atoms with Crippen molar-refractivity contribution in [2.45, 2.75) is 13.5 Å². The predicted octanol–water partition coefficient (Wildman–Crippen LogP) is 6.33. The van der Waals surface area contributed by atoms with Gasteiger partial charge in [-0.25, -0.2) is 0 Å². The number of benzene rings is 3. The minimum Gasteiger partial charge on any atom is -0.493 e. The van der Waals surface area contributed by atoms with Crippen molar-refractivity contribution >= 4 is 86.7 Å². The van der Waals surface area contributed by atoms with Gasteiger partial charge in [0.05, 0.1) is 26.4 Å². The van der Waals surface area contributed by atoms with Crippen molar-refractivity contribution in [3.63, 3.8) is 0 Å². The maximum Gasteiger partial charge on any atom is 0.270 e. The lowest BCUT2D eigenvalue weighted by molar-refractivity contribution is -0.122. The first-order valence-corrected chi connectivity index (χ1v) is 12.8. The van der Waals surface area contributed by atoms with Crippen LogP contribution in [0.15, 0.2) is 60.2 Å². The van der Waals surface area contributed by atoms with Crippen molar-refractivity contribution < 1.29 is 19.1 Å². The predicted molar refractivity (Wildman–Crippen MR) is 154 cm³/mol. The molecule has 0 saturated carbocycles. The van der Waals surface area contributed by atoms with Crippen LogP contribution in [0.25, 0.3) is 6.08 Å². The molecule has 0 aliphatic carbocycles. The van der Waals surface area contributed by atoms with Gasteiger partial charge >= 0.3 is 0 Å². The van der Waals surface area contributed by atoms with Gasteiger partial charge in [0.1, 0.15) is 12.2 Å². The van der Waals surface area contributed by atoms with Crippen LogP contribution >= 0.6 is 58.0 Å². The minimum absolute atomic E-state index is 0.0848. The standard InChI is InChI=1S/C26H19Cl2IN2O4S/c1-14-5-3-6-15(9-14)13-35-23-19(29)11-16(12-21(23)34-2)10-17-24(32)30-26(36)31(25(17)33)20-8-4-7-18(27)22(20)28/h3-12H,13H2,1-2H3,(H,30,32,36)/b17-10+. The number of halogens is 3. The first-order valence-electron chi connectivity index (χ1n) is 10.6. The zero-order valence-corrected chi connectivity index (χ0v) is 23.6. The van der Waals surface area contributed by atoms with E-state index in [9.17, 15) is 9.59 Å². The van der Waals surface area contributed by atoms with E-state index < -0.39 is 11.8 Å². The van der Waals surface area contributed by atoms with Crippen LogP contribution in [0.4, 0.5) is 5.69 Å². The molecule has 2 amide bonds. The van der Waals surface area contributed by atoms with Crippen molar-refractivity contribution in [2.75, 3.05) is 12.0 Å². The van der Waals surface area contributed by atoms with Crippen LogP contribution in [0.3, 0.4) is 0 Å². The molecule has 36 heavy (non-hydrogen) atoms. The molecule has 0 radical (unpaired) electrons. The SMILES string of the molecule is COc1cc(/C=C2\C(=O)NC(=S)N(c3cccc(Cl)c3Cl)C2=O)cc(I)c1OCc1cccc(C)c1. The smallest absolute Gasteiger partial charge is 0.270 e. The number of hydrogen-bond acceptors (Lipinski definition) is 5. The molecule has 3 aromatic carbocycles. The molecule has 0 aromatic heterocycles. The molecule has 0 atom stereocenters. The van der Waals surface area contributed by atoms with Gasteiger partial charge in [-0.3, -0.25) is 19.8 Å². The highest BCUT2D eigenvalue weighted by atomic mass is 127. The Morgan fingerprint density at radius 2 is 1.86 bits per heavy atom. The molecule has 1 aliphatic rings. The summed E-state index contributed by atoms with van der Waals surface area (Å²) < 4.78 is 12.3. The maximum absolute atomic E-state index is 13.4. The van der Waals surface area contributed by atoms with Crippen molar-refractivity contribution in [1.29, 1.82) is 0 Å². The summed E-state index contributed by atoms with van der Waals surface area (Å²) in [5, 5.41) is 2.86. The number of methoxy groups -OCH3 is 1. The Kier molecular flexibility index (Phi) is 8.19. The Bertz CT molecular complexity index is 1430. The number of nitrogens with one attached hydrogen (secondary N) is 1. The fraction of sp³-hybridized carbons (Fsp3) is 0.115. The third-order valence-electron chi connectivity index (χ3n) is 5.30. The van der Waals surface area contributed by atoms with E-state index >= 15 is 0 Å². The quantitative estimate of drug-likeness (QED) is 0.146. The average Bonchev–Trinajstić information content (AvgIpc) is 2.83.